The van der Waals surface area contributed by atoms with Crippen molar-refractivity contribution in [3.63, 3.8) is 0 Å². The van der Waals surface area contributed by atoms with Gasteiger partial charge in [-0.05, 0) is 54.8 Å². The number of carbonyl (C=O) groups excluding carboxylic acids is 2. The molecule has 4 rings (SSSR count). The normalized spacial score (nSPS) is 12.8. The molecule has 3 aromatic rings. The zero-order valence-corrected chi connectivity index (χ0v) is 16.8. The largest absolute Gasteiger partial charge is 0.496 e. The van der Waals surface area contributed by atoms with Gasteiger partial charge in [0.2, 0.25) is 0 Å². The predicted octanol–water partition coefficient (Wildman–Crippen LogP) is 4.14. The van der Waals surface area contributed by atoms with E-state index >= 15 is 0 Å². The molecule has 1 N–H and O–H groups in total. The fourth-order valence-electron chi connectivity index (χ4n) is 3.67. The highest BCUT2D eigenvalue weighted by Gasteiger charge is 2.26. The monoisotopic (exact) mass is 406 g/mol. The van der Waals surface area contributed by atoms with Gasteiger partial charge in [0.05, 0.1) is 20.5 Å². The van der Waals surface area contributed by atoms with E-state index < -0.39 is 0 Å². The van der Waals surface area contributed by atoms with E-state index in [1.54, 1.807) is 35.2 Å². The molecule has 1 aromatic heterocycles. The van der Waals surface area contributed by atoms with Gasteiger partial charge in [-0.25, -0.2) is 0 Å². The molecule has 30 heavy (non-hydrogen) atoms. The lowest BCUT2D eigenvalue weighted by molar-refractivity contribution is 0.0957. The number of fused-ring (bicyclic) bond motifs is 1. The van der Waals surface area contributed by atoms with Gasteiger partial charge in [0.25, 0.3) is 11.8 Å². The molecule has 0 saturated heterocycles. The average Bonchev–Trinajstić information content (AvgIpc) is 3.32. The number of hydrogen-bond donors (Lipinski definition) is 1. The van der Waals surface area contributed by atoms with Gasteiger partial charge >= 0.3 is 0 Å². The number of hydrogen-bond acceptors (Lipinski definition) is 5. The first-order valence-corrected chi connectivity index (χ1v) is 9.63. The molecule has 2 aromatic carbocycles. The summed E-state index contributed by atoms with van der Waals surface area (Å²) in [4.78, 5) is 27.5. The van der Waals surface area contributed by atoms with Gasteiger partial charge in [0, 0.05) is 17.9 Å². The summed E-state index contributed by atoms with van der Waals surface area (Å²) in [5, 5.41) is 2.89. The van der Waals surface area contributed by atoms with Crippen LogP contribution in [0.5, 0.6) is 11.5 Å². The molecule has 2 heterocycles. The predicted molar refractivity (Wildman–Crippen MR) is 113 cm³/mol. The zero-order chi connectivity index (χ0) is 21.1. The van der Waals surface area contributed by atoms with Crippen molar-refractivity contribution >= 4 is 23.2 Å². The molecular weight excluding hydrogens is 384 g/mol. The van der Waals surface area contributed by atoms with Crippen LogP contribution in [0.3, 0.4) is 0 Å². The van der Waals surface area contributed by atoms with Crippen LogP contribution in [0.1, 0.15) is 32.9 Å². The number of ether oxygens (including phenoxy) is 2. The van der Waals surface area contributed by atoms with Crippen molar-refractivity contribution in [1.82, 2.24) is 0 Å². The van der Waals surface area contributed by atoms with Crippen molar-refractivity contribution in [2.75, 3.05) is 31.0 Å². The van der Waals surface area contributed by atoms with E-state index in [9.17, 15) is 9.59 Å². The molecule has 0 atom stereocenters. The van der Waals surface area contributed by atoms with Crippen LogP contribution < -0.4 is 19.7 Å². The fourth-order valence-corrected chi connectivity index (χ4v) is 3.67. The van der Waals surface area contributed by atoms with E-state index in [1.807, 2.05) is 18.2 Å². The number of nitrogens with one attached hydrogen (secondary N) is 1. The van der Waals surface area contributed by atoms with Gasteiger partial charge in [-0.1, -0.05) is 12.1 Å². The Morgan fingerprint density at radius 2 is 1.80 bits per heavy atom. The number of rotatable bonds is 5. The van der Waals surface area contributed by atoms with E-state index in [-0.39, 0.29) is 17.6 Å². The first-order chi connectivity index (χ1) is 14.6. The maximum atomic E-state index is 13.0. The topological polar surface area (TPSA) is 81.0 Å². The maximum absolute atomic E-state index is 13.0. The van der Waals surface area contributed by atoms with E-state index in [4.69, 9.17) is 13.9 Å². The summed E-state index contributed by atoms with van der Waals surface area (Å²) < 4.78 is 15.9. The Balaban J connectivity index is 1.64. The molecule has 0 unspecified atom stereocenters. The highest BCUT2D eigenvalue weighted by atomic mass is 16.5. The first kappa shape index (κ1) is 19.6. The quantitative estimate of drug-likeness (QED) is 0.689. The number of carbonyl (C=O) groups is 2. The van der Waals surface area contributed by atoms with Gasteiger partial charge in [-0.15, -0.1) is 0 Å². The second-order valence-electron chi connectivity index (χ2n) is 6.87. The second-order valence-corrected chi connectivity index (χ2v) is 6.87. The molecule has 0 saturated carbocycles. The standard InChI is InChI=1S/C23H22N2O5/c1-28-18-7-3-8-19(29-2)21(18)22(26)24-16-11-10-15-6-4-12-25(17(15)14-16)23(27)20-9-5-13-30-20/h3,5,7-11,13-14H,4,6,12H2,1-2H3,(H,24,26). The molecule has 2 amide bonds. The van der Waals surface area contributed by atoms with E-state index in [0.717, 1.165) is 24.1 Å². The minimum absolute atomic E-state index is 0.198. The average molecular weight is 406 g/mol. The van der Waals surface area contributed by atoms with Gasteiger partial charge in [0.1, 0.15) is 17.1 Å². The van der Waals surface area contributed by atoms with Gasteiger partial charge in [0.15, 0.2) is 5.76 Å². The number of benzene rings is 2. The summed E-state index contributed by atoms with van der Waals surface area (Å²) in [7, 11) is 3.01. The van der Waals surface area contributed by atoms with Crippen LogP contribution in [0.2, 0.25) is 0 Å². The highest BCUT2D eigenvalue weighted by Crippen LogP contribution is 2.33. The van der Waals surface area contributed by atoms with Crippen LogP contribution >= 0.6 is 0 Å². The second kappa shape index (κ2) is 8.32. The van der Waals surface area contributed by atoms with Crippen LogP contribution in [0.15, 0.2) is 59.2 Å². The molecule has 7 heteroatoms. The minimum atomic E-state index is -0.357. The van der Waals surface area contributed by atoms with Crippen molar-refractivity contribution in [2.24, 2.45) is 0 Å². The Kier molecular flexibility index (Phi) is 5.43. The Morgan fingerprint density at radius 1 is 1.03 bits per heavy atom. The van der Waals surface area contributed by atoms with Gasteiger partial charge in [-0.2, -0.15) is 0 Å². The molecule has 0 radical (unpaired) electrons. The number of aryl methyl sites for hydroxylation is 1. The molecule has 154 valence electrons. The third-order valence-corrected chi connectivity index (χ3v) is 5.09. The fraction of sp³-hybridized carbons (Fsp3) is 0.217. The molecule has 0 spiro atoms. The summed E-state index contributed by atoms with van der Waals surface area (Å²) >= 11 is 0. The van der Waals surface area contributed by atoms with Crippen molar-refractivity contribution < 1.29 is 23.5 Å². The molecule has 0 aliphatic carbocycles. The summed E-state index contributed by atoms with van der Waals surface area (Å²) in [6.45, 7) is 0.588. The Morgan fingerprint density at radius 3 is 2.47 bits per heavy atom. The van der Waals surface area contributed by atoms with Crippen LogP contribution in [-0.4, -0.2) is 32.6 Å². The summed E-state index contributed by atoms with van der Waals surface area (Å²) in [5.41, 5.74) is 2.70. The van der Waals surface area contributed by atoms with Crippen LogP contribution in [0, 0.1) is 0 Å². The van der Waals surface area contributed by atoms with Crippen molar-refractivity contribution in [3.05, 3.63) is 71.7 Å². The molecule has 0 fully saturated rings. The lowest BCUT2D eigenvalue weighted by Crippen LogP contribution is -2.35. The molecule has 0 bridgehead atoms. The first-order valence-electron chi connectivity index (χ1n) is 9.63. The summed E-state index contributed by atoms with van der Waals surface area (Å²) in [5.74, 6) is 0.565. The molecule has 1 aliphatic heterocycles. The van der Waals surface area contributed by atoms with Gasteiger partial charge < -0.3 is 24.1 Å². The van der Waals surface area contributed by atoms with Crippen LogP contribution in [0.25, 0.3) is 0 Å². The number of amides is 2. The van der Waals surface area contributed by atoms with Crippen molar-refractivity contribution in [2.45, 2.75) is 12.8 Å². The lowest BCUT2D eigenvalue weighted by Gasteiger charge is -2.29. The minimum Gasteiger partial charge on any atom is -0.496 e. The van der Waals surface area contributed by atoms with E-state index in [0.29, 0.717) is 29.3 Å². The van der Waals surface area contributed by atoms with E-state index in [1.165, 1.54) is 20.5 Å². The highest BCUT2D eigenvalue weighted by molar-refractivity contribution is 6.09. The van der Waals surface area contributed by atoms with Crippen LogP contribution in [0.4, 0.5) is 11.4 Å². The number of anilines is 2. The van der Waals surface area contributed by atoms with E-state index in [2.05, 4.69) is 5.32 Å². The van der Waals surface area contributed by atoms with Crippen molar-refractivity contribution in [3.8, 4) is 11.5 Å². The molecule has 1 aliphatic rings. The zero-order valence-electron chi connectivity index (χ0n) is 16.8. The number of furan rings is 1. The maximum Gasteiger partial charge on any atom is 0.293 e. The Hall–Kier alpha value is -3.74. The summed E-state index contributed by atoms with van der Waals surface area (Å²) in [6.07, 6.45) is 3.21. The molecule has 7 nitrogen and oxygen atoms in total. The smallest absolute Gasteiger partial charge is 0.293 e. The number of methoxy groups -OCH3 is 2. The van der Waals surface area contributed by atoms with Crippen LogP contribution in [-0.2, 0) is 6.42 Å². The van der Waals surface area contributed by atoms with Gasteiger partial charge in [-0.3, -0.25) is 9.59 Å². The third-order valence-electron chi connectivity index (χ3n) is 5.09. The SMILES string of the molecule is COc1cccc(OC)c1C(=O)Nc1ccc2c(c1)N(C(=O)c1ccco1)CCC2. The Labute approximate surface area is 174 Å². The number of nitrogens with zero attached hydrogens (tertiary/aromatic N) is 1. The van der Waals surface area contributed by atoms with Crippen molar-refractivity contribution in [1.29, 1.82) is 0 Å². The summed E-state index contributed by atoms with van der Waals surface area (Å²) in [6, 6.07) is 14.1. The lowest BCUT2D eigenvalue weighted by atomic mass is 10.0. The molecular formula is C23H22N2O5. The third kappa shape index (κ3) is 3.61. The Bertz CT molecular complexity index is 1050.